The van der Waals surface area contributed by atoms with Gasteiger partial charge in [-0.1, -0.05) is 31.5 Å². The molecule has 5 nitrogen and oxygen atoms in total. The van der Waals surface area contributed by atoms with E-state index < -0.39 is 16.3 Å². The lowest BCUT2D eigenvalue weighted by Crippen LogP contribution is -2.50. The fraction of sp³-hybridized carbons (Fsp3) is 0.875. The Morgan fingerprint density at radius 3 is 2.27 bits per heavy atom. The van der Waals surface area contributed by atoms with Gasteiger partial charge in [0.2, 0.25) is 0 Å². The van der Waals surface area contributed by atoms with Gasteiger partial charge in [-0.25, -0.2) is 5.14 Å². The van der Waals surface area contributed by atoms with Gasteiger partial charge in [0.05, 0.1) is 11.0 Å². The fourth-order valence-corrected chi connectivity index (χ4v) is 3.03. The van der Waals surface area contributed by atoms with Crippen molar-refractivity contribution in [1.29, 1.82) is 0 Å². The third-order valence-corrected chi connectivity index (χ3v) is 3.56. The molecule has 0 bridgehead atoms. The van der Waals surface area contributed by atoms with Crippen molar-refractivity contribution in [1.82, 2.24) is 4.72 Å². The molecule has 1 fully saturated rings. The summed E-state index contributed by atoms with van der Waals surface area (Å²) in [4.78, 5) is 0.177. The molecule has 0 heterocycles. The van der Waals surface area contributed by atoms with Gasteiger partial charge in [-0.15, -0.1) is 0 Å². The van der Waals surface area contributed by atoms with Gasteiger partial charge >= 0.3 is 0 Å². The van der Waals surface area contributed by atoms with Gasteiger partial charge in [-0.3, -0.25) is 0 Å². The highest BCUT2D eigenvalue weighted by molar-refractivity contribution is 7.87. The minimum absolute atomic E-state index is 0.177. The van der Waals surface area contributed by atoms with E-state index in [1.54, 1.807) is 0 Å². The van der Waals surface area contributed by atoms with Crippen LogP contribution >= 0.6 is 12.2 Å². The molecule has 1 unspecified atom stereocenters. The van der Waals surface area contributed by atoms with Crippen molar-refractivity contribution in [3.8, 4) is 0 Å². The first-order chi connectivity index (χ1) is 6.90. The standard InChI is InChI=1S/C8H17N3O2S2/c9-8(14)7(11-15(10,12)13)6-4-2-1-3-5-6/h6-7,11H,1-5H2,(H2,9,14)(H2,10,12,13). The number of nitrogens with two attached hydrogens (primary N) is 2. The van der Waals surface area contributed by atoms with Crippen LogP contribution in [0.25, 0.3) is 0 Å². The lowest BCUT2D eigenvalue weighted by molar-refractivity contribution is 0.330. The first-order valence-corrected chi connectivity index (χ1v) is 6.95. The van der Waals surface area contributed by atoms with Crippen LogP contribution in [0, 0.1) is 5.92 Å². The summed E-state index contributed by atoms with van der Waals surface area (Å²) < 4.78 is 24.2. The van der Waals surface area contributed by atoms with Crippen LogP contribution in [0.1, 0.15) is 32.1 Å². The minimum atomic E-state index is -3.74. The van der Waals surface area contributed by atoms with Gasteiger partial charge in [-0.05, 0) is 18.8 Å². The Kier molecular flexibility index (Phi) is 4.45. The number of rotatable bonds is 4. The molecule has 1 aliphatic carbocycles. The number of hydrogen-bond acceptors (Lipinski definition) is 3. The summed E-state index contributed by atoms with van der Waals surface area (Å²) in [6.45, 7) is 0. The molecule has 0 spiro atoms. The van der Waals surface area contributed by atoms with E-state index in [0.29, 0.717) is 0 Å². The average Bonchev–Trinajstić information content (AvgIpc) is 2.14. The molecule has 88 valence electrons. The van der Waals surface area contributed by atoms with E-state index in [4.69, 9.17) is 23.1 Å². The SMILES string of the molecule is NC(=S)C(NS(N)(=O)=O)C1CCCCC1. The third-order valence-electron chi connectivity index (χ3n) is 2.72. The van der Waals surface area contributed by atoms with Crippen molar-refractivity contribution in [2.75, 3.05) is 0 Å². The van der Waals surface area contributed by atoms with Crippen LogP contribution in [-0.4, -0.2) is 19.4 Å². The summed E-state index contributed by atoms with van der Waals surface area (Å²) in [5, 5.41) is 4.93. The molecular weight excluding hydrogens is 234 g/mol. The maximum absolute atomic E-state index is 10.9. The molecule has 5 N–H and O–H groups in total. The van der Waals surface area contributed by atoms with E-state index in [9.17, 15) is 8.42 Å². The maximum atomic E-state index is 10.9. The molecule has 0 aromatic heterocycles. The summed E-state index contributed by atoms with van der Waals surface area (Å²) in [7, 11) is -3.74. The van der Waals surface area contributed by atoms with Crippen LogP contribution in [0.2, 0.25) is 0 Å². The second kappa shape index (κ2) is 5.20. The Hall–Kier alpha value is -0.240. The Bertz CT molecular complexity index is 323. The van der Waals surface area contributed by atoms with Crippen molar-refractivity contribution < 1.29 is 8.42 Å². The molecule has 15 heavy (non-hydrogen) atoms. The van der Waals surface area contributed by atoms with Gasteiger partial charge in [-0.2, -0.15) is 13.1 Å². The smallest absolute Gasteiger partial charge is 0.275 e. The summed E-state index contributed by atoms with van der Waals surface area (Å²) in [5.74, 6) is 0.189. The summed E-state index contributed by atoms with van der Waals surface area (Å²) in [5.41, 5.74) is 5.52. The van der Waals surface area contributed by atoms with Crippen LogP contribution in [0.3, 0.4) is 0 Å². The van der Waals surface area contributed by atoms with E-state index in [2.05, 4.69) is 4.72 Å². The zero-order valence-electron chi connectivity index (χ0n) is 8.48. The van der Waals surface area contributed by atoms with E-state index >= 15 is 0 Å². The summed E-state index contributed by atoms with van der Waals surface area (Å²) >= 11 is 4.86. The average molecular weight is 251 g/mol. The molecule has 0 saturated heterocycles. The van der Waals surface area contributed by atoms with Gasteiger partial charge in [0.25, 0.3) is 10.2 Å². The molecule has 0 aliphatic heterocycles. The second-order valence-electron chi connectivity index (χ2n) is 3.94. The Balaban J connectivity index is 2.68. The normalized spacial score (nSPS) is 21.1. The van der Waals surface area contributed by atoms with E-state index in [-0.39, 0.29) is 10.9 Å². The summed E-state index contributed by atoms with van der Waals surface area (Å²) in [6, 6.07) is -0.490. The quantitative estimate of drug-likeness (QED) is 0.613. The Morgan fingerprint density at radius 2 is 1.87 bits per heavy atom. The fourth-order valence-electron chi connectivity index (χ4n) is 2.03. The van der Waals surface area contributed by atoms with Crippen LogP contribution < -0.4 is 15.6 Å². The third kappa shape index (κ3) is 4.42. The first-order valence-electron chi connectivity index (χ1n) is 4.99. The predicted molar refractivity (Wildman–Crippen MR) is 63.4 cm³/mol. The molecule has 0 radical (unpaired) electrons. The Morgan fingerprint density at radius 1 is 1.33 bits per heavy atom. The molecule has 7 heteroatoms. The summed E-state index contributed by atoms with van der Waals surface area (Å²) in [6.07, 6.45) is 5.27. The highest BCUT2D eigenvalue weighted by Crippen LogP contribution is 2.26. The molecule has 0 amide bonds. The van der Waals surface area contributed by atoms with Crippen molar-refractivity contribution in [2.24, 2.45) is 16.8 Å². The second-order valence-corrected chi connectivity index (χ2v) is 5.74. The highest BCUT2D eigenvalue weighted by atomic mass is 32.2. The van der Waals surface area contributed by atoms with Crippen molar-refractivity contribution in [3.05, 3.63) is 0 Å². The van der Waals surface area contributed by atoms with Crippen LogP contribution in [0.15, 0.2) is 0 Å². The number of hydrogen-bond donors (Lipinski definition) is 3. The van der Waals surface area contributed by atoms with E-state index in [1.807, 2.05) is 0 Å². The number of thiocarbonyl (C=S) groups is 1. The molecule has 1 rings (SSSR count). The molecular formula is C8H17N3O2S2. The van der Waals surface area contributed by atoms with Crippen LogP contribution in [-0.2, 0) is 10.2 Å². The Labute approximate surface area is 95.8 Å². The van der Waals surface area contributed by atoms with E-state index in [1.165, 1.54) is 6.42 Å². The molecule has 1 saturated carbocycles. The monoisotopic (exact) mass is 251 g/mol. The molecule has 0 aromatic rings. The van der Waals surface area contributed by atoms with Gasteiger partial charge in [0.1, 0.15) is 0 Å². The largest absolute Gasteiger partial charge is 0.392 e. The zero-order chi connectivity index (χ0) is 11.5. The molecule has 1 aliphatic rings. The van der Waals surface area contributed by atoms with Gasteiger partial charge < -0.3 is 5.73 Å². The zero-order valence-corrected chi connectivity index (χ0v) is 10.1. The first kappa shape index (κ1) is 12.8. The molecule has 1 atom stereocenters. The van der Waals surface area contributed by atoms with Crippen molar-refractivity contribution >= 4 is 27.4 Å². The van der Waals surface area contributed by atoms with E-state index in [0.717, 1.165) is 25.7 Å². The predicted octanol–water partition coefficient (Wildman–Crippen LogP) is 0.0145. The van der Waals surface area contributed by atoms with Crippen LogP contribution in [0.5, 0.6) is 0 Å². The van der Waals surface area contributed by atoms with Crippen molar-refractivity contribution in [3.63, 3.8) is 0 Å². The lowest BCUT2D eigenvalue weighted by atomic mass is 9.84. The topological polar surface area (TPSA) is 98.2 Å². The maximum Gasteiger partial charge on any atom is 0.275 e. The van der Waals surface area contributed by atoms with Crippen molar-refractivity contribution in [2.45, 2.75) is 38.1 Å². The number of nitrogens with one attached hydrogen (secondary N) is 1. The molecule has 0 aromatic carbocycles. The van der Waals surface area contributed by atoms with Crippen LogP contribution in [0.4, 0.5) is 0 Å². The van der Waals surface area contributed by atoms with Gasteiger partial charge in [0, 0.05) is 0 Å². The van der Waals surface area contributed by atoms with Gasteiger partial charge in [0.15, 0.2) is 0 Å². The minimum Gasteiger partial charge on any atom is -0.392 e. The lowest BCUT2D eigenvalue weighted by Gasteiger charge is -2.29. The highest BCUT2D eigenvalue weighted by Gasteiger charge is 2.28.